The molecule has 1 heteroatoms. The summed E-state index contributed by atoms with van der Waals surface area (Å²) in [4.78, 5) is 0. The largest absolute Gasteiger partial charge is 0.325 e. The Hall–Kier alpha value is -0.820. The van der Waals surface area contributed by atoms with Gasteiger partial charge in [-0.3, -0.25) is 0 Å². The molecule has 0 bridgehead atoms. The first-order chi connectivity index (χ1) is 9.30. The predicted octanol–water partition coefficient (Wildman–Crippen LogP) is 4.64. The minimum atomic E-state index is -0.0218. The summed E-state index contributed by atoms with van der Waals surface area (Å²) in [6.45, 7) is 11.4. The fourth-order valence-corrected chi connectivity index (χ4v) is 4.41. The van der Waals surface area contributed by atoms with Gasteiger partial charge in [-0.25, -0.2) is 0 Å². The highest BCUT2D eigenvalue weighted by Gasteiger charge is 2.41. The molecule has 1 aliphatic rings. The topological polar surface area (TPSA) is 26.0 Å². The maximum Gasteiger partial charge on any atom is 0.0228 e. The fraction of sp³-hybridized carbons (Fsp3) is 0.684. The smallest absolute Gasteiger partial charge is 0.0228 e. The standard InChI is InChI=1S/C19H31N/c1-13(2)18-7-6-14(3)11-19(18,20)12-17-9-15(4)8-16(5)10-17/h8-10,13-14,18H,6-7,11-12,20H2,1-5H3. The normalized spacial score (nSPS) is 30.8. The molecule has 1 fully saturated rings. The Labute approximate surface area is 125 Å². The number of benzene rings is 1. The number of hydrogen-bond donors (Lipinski definition) is 1. The van der Waals surface area contributed by atoms with Crippen LogP contribution in [0.3, 0.4) is 0 Å². The van der Waals surface area contributed by atoms with Crippen LogP contribution in [0.2, 0.25) is 0 Å². The van der Waals surface area contributed by atoms with Crippen molar-refractivity contribution >= 4 is 0 Å². The maximum atomic E-state index is 6.93. The van der Waals surface area contributed by atoms with Gasteiger partial charge in [0, 0.05) is 5.54 Å². The highest BCUT2D eigenvalue weighted by atomic mass is 14.8. The number of hydrogen-bond acceptors (Lipinski definition) is 1. The molecule has 3 unspecified atom stereocenters. The molecule has 0 amide bonds. The van der Waals surface area contributed by atoms with Gasteiger partial charge < -0.3 is 5.73 Å². The van der Waals surface area contributed by atoms with Gasteiger partial charge in [-0.15, -0.1) is 0 Å². The lowest BCUT2D eigenvalue weighted by Crippen LogP contribution is -2.54. The summed E-state index contributed by atoms with van der Waals surface area (Å²) in [5, 5.41) is 0. The second-order valence-electron chi connectivity index (χ2n) is 7.64. The molecule has 0 aromatic heterocycles. The van der Waals surface area contributed by atoms with Crippen molar-refractivity contribution in [2.75, 3.05) is 0 Å². The van der Waals surface area contributed by atoms with Crippen molar-refractivity contribution in [3.8, 4) is 0 Å². The van der Waals surface area contributed by atoms with Gasteiger partial charge in [-0.2, -0.15) is 0 Å². The van der Waals surface area contributed by atoms with Gasteiger partial charge in [0.25, 0.3) is 0 Å². The van der Waals surface area contributed by atoms with Gasteiger partial charge in [-0.05, 0) is 56.4 Å². The minimum absolute atomic E-state index is 0.0218. The van der Waals surface area contributed by atoms with Crippen molar-refractivity contribution in [1.29, 1.82) is 0 Å². The van der Waals surface area contributed by atoms with Crippen molar-refractivity contribution in [3.05, 3.63) is 34.9 Å². The Morgan fingerprint density at radius 2 is 1.75 bits per heavy atom. The zero-order valence-corrected chi connectivity index (χ0v) is 13.9. The highest BCUT2D eigenvalue weighted by Crippen LogP contribution is 2.41. The summed E-state index contributed by atoms with van der Waals surface area (Å²) in [5.41, 5.74) is 11.0. The Morgan fingerprint density at radius 1 is 1.15 bits per heavy atom. The van der Waals surface area contributed by atoms with E-state index < -0.39 is 0 Å². The summed E-state index contributed by atoms with van der Waals surface area (Å²) in [7, 11) is 0. The molecule has 20 heavy (non-hydrogen) atoms. The molecule has 1 aromatic rings. The van der Waals surface area contributed by atoms with E-state index in [1.807, 2.05) is 0 Å². The van der Waals surface area contributed by atoms with Gasteiger partial charge in [-0.1, -0.05) is 56.5 Å². The molecule has 3 atom stereocenters. The molecule has 0 radical (unpaired) electrons. The van der Waals surface area contributed by atoms with Gasteiger partial charge in [0.1, 0.15) is 0 Å². The molecule has 2 rings (SSSR count). The molecule has 1 aliphatic carbocycles. The van der Waals surface area contributed by atoms with Crippen LogP contribution in [0.1, 0.15) is 56.7 Å². The molecule has 1 saturated carbocycles. The number of rotatable bonds is 3. The fourth-order valence-electron chi connectivity index (χ4n) is 4.41. The van der Waals surface area contributed by atoms with E-state index in [0.29, 0.717) is 11.8 Å². The second kappa shape index (κ2) is 5.89. The summed E-state index contributed by atoms with van der Waals surface area (Å²) in [6, 6.07) is 6.88. The van der Waals surface area contributed by atoms with E-state index in [1.54, 1.807) is 0 Å². The lowest BCUT2D eigenvalue weighted by atomic mass is 9.63. The third-order valence-corrected chi connectivity index (χ3v) is 5.06. The Balaban J connectivity index is 2.26. The van der Waals surface area contributed by atoms with E-state index in [1.165, 1.54) is 36.0 Å². The average molecular weight is 273 g/mol. The van der Waals surface area contributed by atoms with Crippen molar-refractivity contribution in [3.63, 3.8) is 0 Å². The van der Waals surface area contributed by atoms with Crippen LogP contribution < -0.4 is 5.73 Å². The molecule has 112 valence electrons. The number of nitrogens with two attached hydrogens (primary N) is 1. The predicted molar refractivity (Wildman–Crippen MR) is 87.9 cm³/mol. The van der Waals surface area contributed by atoms with Crippen LogP contribution in [0, 0.1) is 31.6 Å². The van der Waals surface area contributed by atoms with Crippen LogP contribution in [0.4, 0.5) is 0 Å². The first-order valence-electron chi connectivity index (χ1n) is 8.16. The van der Waals surface area contributed by atoms with Crippen LogP contribution in [-0.4, -0.2) is 5.54 Å². The van der Waals surface area contributed by atoms with Crippen LogP contribution in [0.25, 0.3) is 0 Å². The summed E-state index contributed by atoms with van der Waals surface area (Å²) in [5.74, 6) is 2.10. The second-order valence-corrected chi connectivity index (χ2v) is 7.64. The minimum Gasteiger partial charge on any atom is -0.325 e. The Bertz CT molecular complexity index is 443. The molecular formula is C19H31N. The van der Waals surface area contributed by atoms with Gasteiger partial charge in [0.2, 0.25) is 0 Å². The van der Waals surface area contributed by atoms with Crippen molar-refractivity contribution in [1.82, 2.24) is 0 Å². The quantitative estimate of drug-likeness (QED) is 0.853. The maximum absolute atomic E-state index is 6.93. The monoisotopic (exact) mass is 273 g/mol. The molecule has 1 aromatic carbocycles. The van der Waals surface area contributed by atoms with E-state index in [2.05, 4.69) is 52.8 Å². The zero-order chi connectivity index (χ0) is 14.9. The summed E-state index contributed by atoms with van der Waals surface area (Å²) < 4.78 is 0. The van der Waals surface area contributed by atoms with Gasteiger partial charge >= 0.3 is 0 Å². The summed E-state index contributed by atoms with van der Waals surface area (Å²) >= 11 is 0. The van der Waals surface area contributed by atoms with Crippen LogP contribution in [0.5, 0.6) is 0 Å². The lowest BCUT2D eigenvalue weighted by Gasteiger charge is -2.46. The molecule has 0 heterocycles. The number of aryl methyl sites for hydroxylation is 2. The van der Waals surface area contributed by atoms with Crippen molar-refractivity contribution in [2.45, 2.75) is 65.8 Å². The van der Waals surface area contributed by atoms with Gasteiger partial charge in [0.15, 0.2) is 0 Å². The van der Waals surface area contributed by atoms with Gasteiger partial charge in [0.05, 0.1) is 0 Å². The van der Waals surface area contributed by atoms with Crippen molar-refractivity contribution < 1.29 is 0 Å². The van der Waals surface area contributed by atoms with Crippen LogP contribution in [0.15, 0.2) is 18.2 Å². The zero-order valence-electron chi connectivity index (χ0n) is 13.9. The third kappa shape index (κ3) is 3.44. The molecule has 2 N–H and O–H groups in total. The average Bonchev–Trinajstić information content (AvgIpc) is 2.25. The molecule has 0 saturated heterocycles. The van der Waals surface area contributed by atoms with E-state index in [4.69, 9.17) is 5.73 Å². The molecular weight excluding hydrogens is 242 g/mol. The Morgan fingerprint density at radius 3 is 2.30 bits per heavy atom. The van der Waals surface area contributed by atoms with Crippen LogP contribution >= 0.6 is 0 Å². The molecule has 0 aliphatic heterocycles. The third-order valence-electron chi connectivity index (χ3n) is 5.06. The van der Waals surface area contributed by atoms with E-state index in [9.17, 15) is 0 Å². The molecule has 1 nitrogen and oxygen atoms in total. The Kier molecular flexibility index (Phi) is 4.59. The highest BCUT2D eigenvalue weighted by molar-refractivity contribution is 5.30. The SMILES string of the molecule is Cc1cc(C)cc(CC2(N)CC(C)CCC2C(C)C)c1. The van der Waals surface area contributed by atoms with E-state index in [-0.39, 0.29) is 5.54 Å². The van der Waals surface area contributed by atoms with E-state index >= 15 is 0 Å². The first kappa shape index (κ1) is 15.6. The lowest BCUT2D eigenvalue weighted by molar-refractivity contribution is 0.109. The first-order valence-corrected chi connectivity index (χ1v) is 8.16. The molecule has 0 spiro atoms. The summed E-state index contributed by atoms with van der Waals surface area (Å²) in [6.07, 6.45) is 4.83. The van der Waals surface area contributed by atoms with Crippen LogP contribution in [-0.2, 0) is 6.42 Å². The van der Waals surface area contributed by atoms with Crippen molar-refractivity contribution in [2.24, 2.45) is 23.5 Å². The van der Waals surface area contributed by atoms with E-state index in [0.717, 1.165) is 12.3 Å².